The zero-order chi connectivity index (χ0) is 31.0. The average molecular weight is 674 g/mol. The van der Waals surface area contributed by atoms with Crippen LogP contribution in [0.2, 0.25) is 0 Å². The predicted octanol–water partition coefficient (Wildman–Crippen LogP) is 0.898. The third-order valence-corrected chi connectivity index (χ3v) is 10.2. The second-order valence-electron chi connectivity index (χ2n) is 10.2. The van der Waals surface area contributed by atoms with Gasteiger partial charge in [-0.25, -0.2) is 43.2 Å². The number of alkyl halides is 2. The van der Waals surface area contributed by atoms with Gasteiger partial charge in [0.25, 0.3) is 15.0 Å². The zero-order valence-corrected chi connectivity index (χ0v) is 25.1. The second-order valence-corrected chi connectivity index (χ2v) is 15.0. The molecule has 3 aliphatic heterocycles. The zero-order valence-electron chi connectivity index (χ0n) is 22.4. The molecule has 4 N–H and O–H groups in total. The first-order valence-electron chi connectivity index (χ1n) is 12.9. The van der Waals surface area contributed by atoms with Crippen molar-refractivity contribution in [2.24, 2.45) is 0 Å². The first-order valence-corrected chi connectivity index (χ1v) is 17.6. The molecule has 7 rings (SSSR count). The summed E-state index contributed by atoms with van der Waals surface area (Å²) in [4.78, 5) is 24.2. The van der Waals surface area contributed by atoms with Gasteiger partial charge in [0.1, 0.15) is 48.1 Å². The summed E-state index contributed by atoms with van der Waals surface area (Å²) in [6.07, 6.45) is -7.78. The first kappa shape index (κ1) is 29.9. The Labute approximate surface area is 251 Å². The molecule has 0 amide bonds. The summed E-state index contributed by atoms with van der Waals surface area (Å²) in [5, 5.41) is 0. The predicted molar refractivity (Wildman–Crippen MR) is 151 cm³/mol. The largest absolute Gasteiger partial charge is 0.386 e. The lowest BCUT2D eigenvalue weighted by Gasteiger charge is -2.26. The third-order valence-electron chi connectivity index (χ3n) is 7.30. The fourth-order valence-corrected chi connectivity index (χ4v) is 7.89. The van der Waals surface area contributed by atoms with Crippen LogP contribution >= 0.6 is 26.5 Å². The van der Waals surface area contributed by atoms with Crippen molar-refractivity contribution in [2.45, 2.75) is 49.2 Å². The Morgan fingerprint density at radius 2 is 1.36 bits per heavy atom. The lowest BCUT2D eigenvalue weighted by Crippen LogP contribution is -2.34. The number of nitrogens with two attached hydrogens (primary N) is 2. The van der Waals surface area contributed by atoms with Crippen LogP contribution in [-0.2, 0) is 36.7 Å². The van der Waals surface area contributed by atoms with Crippen molar-refractivity contribution in [2.75, 3.05) is 24.7 Å². The van der Waals surface area contributed by atoms with Gasteiger partial charge >= 0.3 is 6.80 Å². The van der Waals surface area contributed by atoms with Crippen LogP contribution in [0.4, 0.5) is 20.4 Å². The molecule has 0 radical (unpaired) electrons. The van der Waals surface area contributed by atoms with Gasteiger partial charge in [0.2, 0.25) is 0 Å². The van der Waals surface area contributed by atoms with E-state index in [4.69, 9.17) is 39.0 Å². The second kappa shape index (κ2) is 10.9. The van der Waals surface area contributed by atoms with Crippen molar-refractivity contribution in [3.05, 3.63) is 25.3 Å². The normalized spacial score (nSPS) is 38.2. The molecule has 3 saturated heterocycles. The van der Waals surface area contributed by atoms with Crippen LogP contribution in [0.15, 0.2) is 25.3 Å². The van der Waals surface area contributed by atoms with Gasteiger partial charge in [-0.1, -0.05) is 12.2 Å². The summed E-state index contributed by atoms with van der Waals surface area (Å²) in [5.41, 5.74) is 12.5. The number of halogens is 2. The fourth-order valence-electron chi connectivity index (χ4n) is 5.27. The first-order chi connectivity index (χ1) is 20.9. The maximum atomic E-state index is 16.0. The minimum absolute atomic E-state index is 0.0600. The highest BCUT2D eigenvalue weighted by Gasteiger charge is 2.54. The van der Waals surface area contributed by atoms with Crippen LogP contribution in [0, 0.1) is 0 Å². The molecular formula is C20H23BF2N10O8P2S. The number of thiol groups is 1. The Bertz CT molecular complexity index is 1840. The molecule has 2 bridgehead atoms. The highest BCUT2D eigenvalue weighted by Crippen LogP contribution is 2.58. The number of ether oxygens (including phenoxy) is 2. The molecule has 0 spiro atoms. The van der Waals surface area contributed by atoms with E-state index < -0.39 is 76.7 Å². The molecule has 2 unspecified atom stereocenters. The van der Waals surface area contributed by atoms with E-state index in [1.807, 2.05) is 0 Å². The van der Waals surface area contributed by atoms with Gasteiger partial charge in [-0.3, -0.25) is 22.7 Å². The van der Waals surface area contributed by atoms with Crippen LogP contribution in [0.25, 0.3) is 22.3 Å². The van der Waals surface area contributed by atoms with Crippen molar-refractivity contribution in [3.8, 4) is 0 Å². The molecular weight excluding hydrogens is 651 g/mol. The summed E-state index contributed by atoms with van der Waals surface area (Å²) >= 11 is 4.03. The van der Waals surface area contributed by atoms with Gasteiger partial charge in [0.05, 0.1) is 25.9 Å². The van der Waals surface area contributed by atoms with E-state index in [9.17, 15) is 9.13 Å². The lowest BCUT2D eigenvalue weighted by atomic mass is 10.1. The van der Waals surface area contributed by atoms with Crippen molar-refractivity contribution in [1.82, 2.24) is 39.0 Å². The Morgan fingerprint density at radius 3 is 2.00 bits per heavy atom. The van der Waals surface area contributed by atoms with E-state index in [1.165, 1.54) is 34.4 Å². The van der Waals surface area contributed by atoms with Crippen LogP contribution in [0.3, 0.4) is 0 Å². The van der Waals surface area contributed by atoms with Crippen LogP contribution in [-0.4, -0.2) is 96.6 Å². The molecule has 3 aliphatic rings. The number of rotatable bonds is 2. The van der Waals surface area contributed by atoms with Gasteiger partial charge < -0.3 is 30.0 Å². The van der Waals surface area contributed by atoms with Crippen LogP contribution in [0.1, 0.15) is 12.5 Å². The molecule has 10 atom stereocenters. The molecule has 0 aromatic carbocycles. The molecule has 18 nitrogen and oxygen atoms in total. The smallest absolute Gasteiger partial charge is 0.382 e. The van der Waals surface area contributed by atoms with Gasteiger partial charge in [-0.05, 0) is 0 Å². The summed E-state index contributed by atoms with van der Waals surface area (Å²) in [7, 11) is -3.02. The Hall–Kier alpha value is -2.81. The van der Waals surface area contributed by atoms with Crippen LogP contribution < -0.4 is 11.5 Å². The molecule has 4 aromatic heterocycles. The maximum Gasteiger partial charge on any atom is 0.386 e. The molecule has 234 valence electrons. The van der Waals surface area contributed by atoms with E-state index in [0.29, 0.717) is 0 Å². The topological polar surface area (TPSA) is 229 Å². The SMILES string of the molecule is BP1(=O)OC[C@H]2O[C@@H](n3cnc4c(N)ncnc43)[C@H](OP(=O)(S)OC[C@H]3O[C@@H](n4cnc5c(N)ncnc54)[C@H](F)[C@@H]3O1)[C@H]2F. The highest BCUT2D eigenvalue weighted by molar-refractivity contribution is 8.44. The lowest BCUT2D eigenvalue weighted by molar-refractivity contribution is -0.0565. The van der Waals surface area contributed by atoms with E-state index in [2.05, 4.69) is 42.2 Å². The number of anilines is 2. The van der Waals surface area contributed by atoms with Gasteiger partial charge in [-0.15, -0.1) is 0 Å². The number of nitrogen functional groups attached to an aromatic ring is 2. The number of hydrogen-bond acceptors (Lipinski definition) is 16. The number of imidazole rings is 2. The van der Waals surface area contributed by atoms with Gasteiger partial charge in [-0.2, -0.15) is 0 Å². The molecule has 0 aliphatic carbocycles. The number of aromatic nitrogens is 8. The fraction of sp³-hybridized carbons (Fsp3) is 0.500. The Balaban J connectivity index is 1.20. The van der Waals surface area contributed by atoms with E-state index in [1.54, 1.807) is 0 Å². The minimum atomic E-state index is -4.41. The van der Waals surface area contributed by atoms with E-state index in [-0.39, 0.29) is 34.0 Å². The maximum absolute atomic E-state index is 16.0. The standard InChI is InChI=1S/C20H23BF2N10O8P2S/c21-42(34)36-1-7-9(22)14(20(38-7)33-6-31-12-16(25)27-4-29-18(12)33)41-43(35,44)37-2-8-13(40-42)10(23)19(39-8)32-5-30-11-15(24)26-3-28-17(11)32/h3-10,13-14,19-20H,1-2,21H2,(H,35,44)(H2,24,26,28)(H2,25,27,29)/t7-,8-,9+,10-,13-,14-,19-,20-,42?,43?/m1/s1. The number of hydrogen-bond donors (Lipinski definition) is 3. The molecule has 24 heteroatoms. The Kier molecular flexibility index (Phi) is 7.42. The number of nitrogens with zero attached hydrogens (tertiary/aromatic N) is 8. The summed E-state index contributed by atoms with van der Waals surface area (Å²) < 4.78 is 95.1. The summed E-state index contributed by atoms with van der Waals surface area (Å²) in [6, 6.07) is 0. The monoisotopic (exact) mass is 674 g/mol. The van der Waals surface area contributed by atoms with Crippen LogP contribution in [0.5, 0.6) is 0 Å². The molecule has 7 heterocycles. The summed E-state index contributed by atoms with van der Waals surface area (Å²) in [6.45, 7) is -5.67. The van der Waals surface area contributed by atoms with Crippen molar-refractivity contribution < 1.29 is 45.5 Å². The molecule has 44 heavy (non-hydrogen) atoms. The van der Waals surface area contributed by atoms with Crippen molar-refractivity contribution in [1.29, 1.82) is 0 Å². The van der Waals surface area contributed by atoms with E-state index >= 15 is 8.78 Å². The third kappa shape index (κ3) is 5.17. The quantitative estimate of drug-likeness (QED) is 0.152. The summed E-state index contributed by atoms with van der Waals surface area (Å²) in [5.74, 6) is 0.121. The van der Waals surface area contributed by atoms with Crippen molar-refractivity contribution >= 4 is 68.0 Å². The number of fused-ring (bicyclic) bond motifs is 5. The van der Waals surface area contributed by atoms with Gasteiger partial charge in [0, 0.05) is 0 Å². The minimum Gasteiger partial charge on any atom is -0.382 e. The molecule has 0 saturated carbocycles. The highest BCUT2D eigenvalue weighted by atomic mass is 32.7. The molecule has 3 fully saturated rings. The van der Waals surface area contributed by atoms with E-state index in [0.717, 1.165) is 7.57 Å². The van der Waals surface area contributed by atoms with Gasteiger partial charge in [0.15, 0.2) is 47.7 Å². The Morgan fingerprint density at radius 1 is 0.795 bits per heavy atom. The average Bonchev–Trinajstić information content (AvgIpc) is 3.73. The van der Waals surface area contributed by atoms with Crippen molar-refractivity contribution in [3.63, 3.8) is 0 Å². The molecule has 4 aromatic rings.